The molecule has 2 aliphatic heterocycles. The highest BCUT2D eigenvalue weighted by Gasteiger charge is 2.31. The molecule has 5 nitrogen and oxygen atoms in total. The molecule has 0 amide bonds. The highest BCUT2D eigenvalue weighted by Crippen LogP contribution is 2.19. The lowest BCUT2D eigenvalue weighted by Gasteiger charge is -2.36. The van der Waals surface area contributed by atoms with Gasteiger partial charge in [0, 0.05) is 19.1 Å². The van der Waals surface area contributed by atoms with Gasteiger partial charge in [-0.15, -0.1) is 0 Å². The molecule has 0 bridgehead atoms. The molecule has 0 aromatic rings. The molecule has 110 valence electrons. The van der Waals surface area contributed by atoms with Crippen molar-refractivity contribution >= 4 is 5.97 Å². The largest absolute Gasteiger partial charge is 0.479 e. The highest BCUT2D eigenvalue weighted by molar-refractivity contribution is 5.72. The van der Waals surface area contributed by atoms with E-state index in [0.29, 0.717) is 19.2 Å². The summed E-state index contributed by atoms with van der Waals surface area (Å²) >= 11 is 0. The molecule has 5 heteroatoms. The smallest absolute Gasteiger partial charge is 0.334 e. The molecule has 2 fully saturated rings. The molecule has 2 aliphatic rings. The molecular weight excluding hydrogens is 244 g/mol. The van der Waals surface area contributed by atoms with Gasteiger partial charge in [0.2, 0.25) is 0 Å². The second-order valence-corrected chi connectivity index (χ2v) is 5.62. The maximum Gasteiger partial charge on any atom is 0.334 e. The highest BCUT2D eigenvalue weighted by atomic mass is 16.5. The van der Waals surface area contributed by atoms with Crippen LogP contribution in [0.25, 0.3) is 0 Å². The van der Waals surface area contributed by atoms with Gasteiger partial charge in [-0.25, -0.2) is 4.79 Å². The summed E-state index contributed by atoms with van der Waals surface area (Å²) in [5.74, 6) is -0.828. The number of likely N-dealkylation sites (tertiary alicyclic amines) is 1. The molecule has 2 atom stereocenters. The molecule has 0 radical (unpaired) electrons. The van der Waals surface area contributed by atoms with E-state index in [0.717, 1.165) is 19.5 Å². The van der Waals surface area contributed by atoms with E-state index in [1.54, 1.807) is 0 Å². The van der Waals surface area contributed by atoms with E-state index in [1.165, 1.54) is 32.4 Å². The zero-order valence-electron chi connectivity index (χ0n) is 11.9. The van der Waals surface area contributed by atoms with E-state index in [4.69, 9.17) is 9.84 Å². The molecule has 1 N–H and O–H groups in total. The second kappa shape index (κ2) is 7.22. The molecule has 0 spiro atoms. The van der Waals surface area contributed by atoms with Gasteiger partial charge in [-0.1, -0.05) is 6.92 Å². The van der Waals surface area contributed by atoms with Crippen LogP contribution in [0.3, 0.4) is 0 Å². The van der Waals surface area contributed by atoms with Crippen molar-refractivity contribution in [3.8, 4) is 0 Å². The predicted octanol–water partition coefficient (Wildman–Crippen LogP) is 1.04. The third kappa shape index (κ3) is 4.16. The first-order valence-electron chi connectivity index (χ1n) is 7.51. The Morgan fingerprint density at radius 3 is 2.89 bits per heavy atom. The van der Waals surface area contributed by atoms with Gasteiger partial charge in [0.1, 0.15) is 0 Å². The van der Waals surface area contributed by atoms with Crippen LogP contribution in [0.2, 0.25) is 0 Å². The van der Waals surface area contributed by atoms with Crippen LogP contribution < -0.4 is 0 Å². The molecule has 2 saturated heterocycles. The van der Waals surface area contributed by atoms with Crippen molar-refractivity contribution < 1.29 is 14.6 Å². The zero-order chi connectivity index (χ0) is 13.7. The summed E-state index contributed by atoms with van der Waals surface area (Å²) in [6.07, 6.45) is 4.14. The number of carbonyl (C=O) groups is 1. The van der Waals surface area contributed by atoms with Crippen LogP contribution in [0.4, 0.5) is 0 Å². The minimum atomic E-state index is -0.828. The predicted molar refractivity (Wildman–Crippen MR) is 73.3 cm³/mol. The average molecular weight is 270 g/mol. The van der Waals surface area contributed by atoms with Gasteiger partial charge in [-0.3, -0.25) is 4.90 Å². The minimum absolute atomic E-state index is 0.535. The van der Waals surface area contributed by atoms with Crippen molar-refractivity contribution in [2.75, 3.05) is 39.3 Å². The molecule has 19 heavy (non-hydrogen) atoms. The Morgan fingerprint density at radius 2 is 2.16 bits per heavy atom. The number of morpholine rings is 1. The van der Waals surface area contributed by atoms with Crippen LogP contribution >= 0.6 is 0 Å². The fourth-order valence-corrected chi connectivity index (χ4v) is 3.19. The number of aliphatic carboxylic acids is 1. The normalized spacial score (nSPS) is 31.0. The van der Waals surface area contributed by atoms with E-state index in [1.807, 2.05) is 0 Å². The molecule has 0 aromatic heterocycles. The molecule has 2 unspecified atom stereocenters. The van der Waals surface area contributed by atoms with E-state index >= 15 is 0 Å². The molecule has 2 rings (SSSR count). The third-order valence-electron chi connectivity index (χ3n) is 4.22. The van der Waals surface area contributed by atoms with Crippen LogP contribution in [-0.2, 0) is 9.53 Å². The number of hydrogen-bond donors (Lipinski definition) is 1. The van der Waals surface area contributed by atoms with Crippen molar-refractivity contribution in [1.82, 2.24) is 9.80 Å². The summed E-state index contributed by atoms with van der Waals surface area (Å²) in [6, 6.07) is 0.535. The molecule has 0 aromatic carbocycles. The van der Waals surface area contributed by atoms with E-state index in [-0.39, 0.29) is 0 Å². The molecular formula is C14H26N2O3. The number of carboxylic acid groups (broad SMARTS) is 1. The third-order valence-corrected chi connectivity index (χ3v) is 4.22. The van der Waals surface area contributed by atoms with Crippen molar-refractivity contribution in [2.24, 2.45) is 0 Å². The van der Waals surface area contributed by atoms with Crippen molar-refractivity contribution in [3.63, 3.8) is 0 Å². The maximum atomic E-state index is 11.0. The lowest BCUT2D eigenvalue weighted by Crippen LogP contribution is -2.50. The van der Waals surface area contributed by atoms with Gasteiger partial charge in [-0.05, 0) is 45.3 Å². The van der Waals surface area contributed by atoms with E-state index < -0.39 is 12.1 Å². The Labute approximate surface area is 115 Å². The summed E-state index contributed by atoms with van der Waals surface area (Å²) in [4.78, 5) is 15.9. The lowest BCUT2D eigenvalue weighted by molar-refractivity contribution is -0.157. The fourth-order valence-electron chi connectivity index (χ4n) is 3.19. The summed E-state index contributed by atoms with van der Waals surface area (Å²) in [5, 5.41) is 9.06. The van der Waals surface area contributed by atoms with Crippen LogP contribution in [0.15, 0.2) is 0 Å². The number of ether oxygens (including phenoxy) is 1. The quantitative estimate of drug-likeness (QED) is 0.827. The first-order valence-corrected chi connectivity index (χ1v) is 7.51. The van der Waals surface area contributed by atoms with Crippen LogP contribution in [0, 0.1) is 0 Å². The van der Waals surface area contributed by atoms with Gasteiger partial charge in [-0.2, -0.15) is 0 Å². The summed E-state index contributed by atoms with van der Waals surface area (Å²) < 4.78 is 5.30. The van der Waals surface area contributed by atoms with Gasteiger partial charge in [0.05, 0.1) is 6.61 Å². The number of hydrogen-bond acceptors (Lipinski definition) is 4. The standard InChI is InChI=1S/C14H26N2O3/c1-2-6-15-7-3-4-12(5-8-15)16-9-10-19-13(11-16)14(17)18/h12-13H,2-11H2,1H3,(H,17,18). The SMILES string of the molecule is CCCN1CCCC(N2CCOC(C(=O)O)C2)CC1. The summed E-state index contributed by atoms with van der Waals surface area (Å²) in [7, 11) is 0. The summed E-state index contributed by atoms with van der Waals surface area (Å²) in [5.41, 5.74) is 0. The summed E-state index contributed by atoms with van der Waals surface area (Å²) in [6.45, 7) is 7.72. The molecule has 0 aliphatic carbocycles. The van der Waals surface area contributed by atoms with Crippen LogP contribution in [0.5, 0.6) is 0 Å². The van der Waals surface area contributed by atoms with Crippen LogP contribution in [-0.4, -0.2) is 72.4 Å². The van der Waals surface area contributed by atoms with Gasteiger partial charge >= 0.3 is 5.97 Å². The first-order chi connectivity index (χ1) is 9.20. The minimum Gasteiger partial charge on any atom is -0.479 e. The Balaban J connectivity index is 1.85. The zero-order valence-corrected chi connectivity index (χ0v) is 11.9. The second-order valence-electron chi connectivity index (χ2n) is 5.62. The topological polar surface area (TPSA) is 53.0 Å². The maximum absolute atomic E-state index is 11.0. The average Bonchev–Trinajstić information content (AvgIpc) is 2.65. The van der Waals surface area contributed by atoms with E-state index in [2.05, 4.69) is 16.7 Å². The van der Waals surface area contributed by atoms with Crippen molar-refractivity contribution in [2.45, 2.75) is 44.8 Å². The molecule has 0 saturated carbocycles. The molecule has 2 heterocycles. The van der Waals surface area contributed by atoms with Crippen molar-refractivity contribution in [3.05, 3.63) is 0 Å². The van der Waals surface area contributed by atoms with Crippen LogP contribution in [0.1, 0.15) is 32.6 Å². The monoisotopic (exact) mass is 270 g/mol. The Morgan fingerprint density at radius 1 is 1.32 bits per heavy atom. The Kier molecular flexibility index (Phi) is 5.60. The van der Waals surface area contributed by atoms with Gasteiger partial charge in [0.15, 0.2) is 6.10 Å². The number of rotatable bonds is 4. The Hall–Kier alpha value is -0.650. The van der Waals surface area contributed by atoms with Gasteiger partial charge in [0.25, 0.3) is 0 Å². The number of carboxylic acids is 1. The first kappa shape index (κ1) is 14.8. The van der Waals surface area contributed by atoms with Gasteiger partial charge < -0.3 is 14.7 Å². The fraction of sp³-hybridized carbons (Fsp3) is 0.929. The lowest BCUT2D eigenvalue weighted by atomic mass is 10.1. The Bertz CT molecular complexity index is 298. The number of nitrogens with zero attached hydrogens (tertiary/aromatic N) is 2. The van der Waals surface area contributed by atoms with Crippen molar-refractivity contribution in [1.29, 1.82) is 0 Å². The van der Waals surface area contributed by atoms with E-state index in [9.17, 15) is 4.79 Å².